The Bertz CT molecular complexity index is 901. The van der Waals surface area contributed by atoms with Gasteiger partial charge in [0.2, 0.25) is 5.28 Å². The van der Waals surface area contributed by atoms with Crippen LogP contribution >= 0.6 is 11.6 Å². The number of likely N-dealkylation sites (N-methyl/N-ethyl adjacent to an activating group) is 1. The van der Waals surface area contributed by atoms with Gasteiger partial charge in [0, 0.05) is 43.9 Å². The molecule has 0 saturated carbocycles. The van der Waals surface area contributed by atoms with Crippen molar-refractivity contribution in [2.45, 2.75) is 25.8 Å². The second kappa shape index (κ2) is 12.0. The Balaban J connectivity index is 0.00000176. The van der Waals surface area contributed by atoms with E-state index in [1.165, 1.54) is 12.1 Å². The van der Waals surface area contributed by atoms with E-state index in [1.807, 2.05) is 13.8 Å². The Morgan fingerprint density at radius 2 is 1.97 bits per heavy atom. The molecule has 2 aromatic rings. The van der Waals surface area contributed by atoms with E-state index in [-0.39, 0.29) is 17.4 Å². The number of rotatable bonds is 9. The number of benzene rings is 1. The Labute approximate surface area is 188 Å². The first kappa shape index (κ1) is 25.9. The molecule has 0 fully saturated rings. The quantitative estimate of drug-likeness (QED) is 0.326. The maximum absolute atomic E-state index is 14.3. The number of ether oxygens (including phenoxy) is 1. The molecule has 2 N–H and O–H groups in total. The zero-order chi connectivity index (χ0) is 23.7. The van der Waals surface area contributed by atoms with Crippen LogP contribution in [-0.4, -0.2) is 55.0 Å². The van der Waals surface area contributed by atoms with Crippen molar-refractivity contribution in [2.24, 2.45) is 0 Å². The Morgan fingerprint density at radius 3 is 2.66 bits per heavy atom. The third-order valence-corrected chi connectivity index (χ3v) is 4.87. The van der Waals surface area contributed by atoms with E-state index in [9.17, 15) is 17.6 Å². The van der Waals surface area contributed by atoms with Crippen LogP contribution < -0.4 is 10.6 Å². The standard InChI is InChI=1S/C19H22ClF4N5O.CH2O/c1-25-5-7-30-8-6-29-10-13-15(11-29)27-18(20)28-17(13)26-9-12-3-2-4-14(16(12)21)19(22,23)24;1-2/h2-4,25H,5-11H2,1H3,(H,26,27,28);1H2. The van der Waals surface area contributed by atoms with Crippen LogP contribution in [0.2, 0.25) is 5.28 Å². The molecule has 0 radical (unpaired) electrons. The molecule has 0 atom stereocenters. The second-order valence-corrected chi connectivity index (χ2v) is 7.16. The zero-order valence-electron chi connectivity index (χ0n) is 17.4. The van der Waals surface area contributed by atoms with Gasteiger partial charge in [-0.15, -0.1) is 0 Å². The molecule has 1 aromatic carbocycles. The molecule has 0 spiro atoms. The minimum atomic E-state index is -4.75. The Hall–Kier alpha value is -2.34. The summed E-state index contributed by atoms with van der Waals surface area (Å²) in [6.07, 6.45) is -4.75. The average molecular weight is 478 g/mol. The Morgan fingerprint density at radius 1 is 1.22 bits per heavy atom. The van der Waals surface area contributed by atoms with Crippen LogP contribution in [0.3, 0.4) is 0 Å². The largest absolute Gasteiger partial charge is 0.419 e. The summed E-state index contributed by atoms with van der Waals surface area (Å²) in [6.45, 7) is 5.53. The lowest BCUT2D eigenvalue weighted by atomic mass is 10.1. The molecule has 7 nitrogen and oxygen atoms in total. The first-order valence-corrected chi connectivity index (χ1v) is 10.0. The molecule has 2 heterocycles. The number of alkyl halides is 3. The maximum atomic E-state index is 14.3. The summed E-state index contributed by atoms with van der Waals surface area (Å²) in [5.41, 5.74) is 0.123. The SMILES string of the molecule is C=O.CNCCOCCN1Cc2nc(Cl)nc(NCc3cccc(C(F)(F)F)c3F)c2C1. The van der Waals surface area contributed by atoms with Gasteiger partial charge in [0.05, 0.1) is 24.5 Å². The zero-order valence-corrected chi connectivity index (χ0v) is 18.2. The molecule has 176 valence electrons. The van der Waals surface area contributed by atoms with Crippen LogP contribution in [0, 0.1) is 5.82 Å². The van der Waals surface area contributed by atoms with Gasteiger partial charge >= 0.3 is 6.18 Å². The molecule has 1 aromatic heterocycles. The van der Waals surface area contributed by atoms with Gasteiger partial charge in [-0.25, -0.2) is 14.4 Å². The summed E-state index contributed by atoms with van der Waals surface area (Å²) in [5.74, 6) is -0.907. The van der Waals surface area contributed by atoms with Crippen molar-refractivity contribution in [2.75, 3.05) is 38.7 Å². The van der Waals surface area contributed by atoms with Crippen molar-refractivity contribution in [1.29, 1.82) is 0 Å². The summed E-state index contributed by atoms with van der Waals surface area (Å²) in [5, 5.41) is 5.94. The fourth-order valence-electron chi connectivity index (χ4n) is 3.18. The van der Waals surface area contributed by atoms with E-state index in [4.69, 9.17) is 21.1 Å². The van der Waals surface area contributed by atoms with Crippen LogP contribution in [0.4, 0.5) is 23.4 Å². The summed E-state index contributed by atoms with van der Waals surface area (Å²) >= 11 is 6.00. The molecule has 0 aliphatic carbocycles. The molecule has 12 heteroatoms. The maximum Gasteiger partial charge on any atom is 0.419 e. The minimum absolute atomic E-state index is 0.0212. The molecule has 3 rings (SSSR count). The molecular weight excluding hydrogens is 454 g/mol. The van der Waals surface area contributed by atoms with Crippen LogP contribution in [0.15, 0.2) is 18.2 Å². The summed E-state index contributed by atoms with van der Waals surface area (Å²) in [6, 6.07) is 3.19. The van der Waals surface area contributed by atoms with Crippen molar-refractivity contribution in [3.05, 3.63) is 51.7 Å². The summed E-state index contributed by atoms with van der Waals surface area (Å²) in [7, 11) is 1.85. The number of carbonyl (C=O) groups is 1. The normalized spacial score (nSPS) is 13.4. The van der Waals surface area contributed by atoms with Gasteiger partial charge < -0.3 is 20.2 Å². The van der Waals surface area contributed by atoms with Crippen LogP contribution in [0.1, 0.15) is 22.4 Å². The third kappa shape index (κ3) is 6.83. The Kier molecular flexibility index (Phi) is 9.76. The van der Waals surface area contributed by atoms with Gasteiger partial charge in [0.15, 0.2) is 0 Å². The molecular formula is C20H24ClF4N5O2. The fraction of sp³-hybridized carbons (Fsp3) is 0.450. The van der Waals surface area contributed by atoms with Crippen molar-refractivity contribution in [1.82, 2.24) is 20.2 Å². The number of carbonyl (C=O) groups excluding carboxylic acids is 1. The lowest BCUT2D eigenvalue weighted by Crippen LogP contribution is -2.23. The average Bonchev–Trinajstić information content (AvgIpc) is 3.16. The van der Waals surface area contributed by atoms with E-state index >= 15 is 0 Å². The van der Waals surface area contributed by atoms with Crippen molar-refractivity contribution < 1.29 is 27.1 Å². The highest BCUT2D eigenvalue weighted by atomic mass is 35.5. The molecule has 1 aliphatic heterocycles. The number of nitrogens with one attached hydrogen (secondary N) is 2. The van der Waals surface area contributed by atoms with E-state index in [0.717, 1.165) is 17.8 Å². The van der Waals surface area contributed by atoms with Gasteiger partial charge in [-0.1, -0.05) is 12.1 Å². The smallest absolute Gasteiger partial charge is 0.379 e. The fourth-order valence-corrected chi connectivity index (χ4v) is 3.36. The molecule has 0 saturated heterocycles. The number of hydrogen-bond donors (Lipinski definition) is 2. The molecule has 0 amide bonds. The predicted molar refractivity (Wildman–Crippen MR) is 112 cm³/mol. The van der Waals surface area contributed by atoms with Crippen LogP contribution in [0.5, 0.6) is 0 Å². The second-order valence-electron chi connectivity index (χ2n) is 6.82. The number of fused-ring (bicyclic) bond motifs is 1. The number of hydrogen-bond acceptors (Lipinski definition) is 7. The topological polar surface area (TPSA) is 79.4 Å². The first-order valence-electron chi connectivity index (χ1n) is 9.67. The highest BCUT2D eigenvalue weighted by molar-refractivity contribution is 6.28. The lowest BCUT2D eigenvalue weighted by Gasteiger charge is -2.15. The van der Waals surface area contributed by atoms with Crippen molar-refractivity contribution in [3.8, 4) is 0 Å². The summed E-state index contributed by atoms with van der Waals surface area (Å²) < 4.78 is 58.6. The van der Waals surface area contributed by atoms with Gasteiger partial charge in [-0.2, -0.15) is 13.2 Å². The van der Waals surface area contributed by atoms with Crippen molar-refractivity contribution >= 4 is 24.2 Å². The van der Waals surface area contributed by atoms with Gasteiger partial charge in [-0.05, 0) is 24.7 Å². The first-order chi connectivity index (χ1) is 15.3. The highest BCUT2D eigenvalue weighted by Crippen LogP contribution is 2.33. The number of anilines is 1. The third-order valence-electron chi connectivity index (χ3n) is 4.70. The monoisotopic (exact) mass is 477 g/mol. The van der Waals surface area contributed by atoms with Gasteiger partial charge in [0.1, 0.15) is 18.4 Å². The van der Waals surface area contributed by atoms with E-state index in [0.29, 0.717) is 44.7 Å². The number of nitrogens with zero attached hydrogens (tertiary/aromatic N) is 3. The van der Waals surface area contributed by atoms with Crippen molar-refractivity contribution in [3.63, 3.8) is 0 Å². The minimum Gasteiger partial charge on any atom is -0.379 e. The highest BCUT2D eigenvalue weighted by Gasteiger charge is 2.34. The molecule has 1 aliphatic rings. The van der Waals surface area contributed by atoms with E-state index in [1.54, 1.807) is 0 Å². The number of aromatic nitrogens is 2. The molecule has 32 heavy (non-hydrogen) atoms. The van der Waals surface area contributed by atoms with Crippen LogP contribution in [0.25, 0.3) is 0 Å². The lowest BCUT2D eigenvalue weighted by molar-refractivity contribution is -0.140. The number of halogens is 5. The predicted octanol–water partition coefficient (Wildman–Crippen LogP) is 3.27. The van der Waals surface area contributed by atoms with Crippen LogP contribution in [-0.2, 0) is 35.3 Å². The molecule has 0 unspecified atom stereocenters. The van der Waals surface area contributed by atoms with E-state index < -0.39 is 17.6 Å². The van der Waals surface area contributed by atoms with Gasteiger partial charge in [0.25, 0.3) is 0 Å². The summed E-state index contributed by atoms with van der Waals surface area (Å²) in [4.78, 5) is 18.5. The molecule has 0 bridgehead atoms. The van der Waals surface area contributed by atoms with Gasteiger partial charge in [-0.3, -0.25) is 4.90 Å². The van der Waals surface area contributed by atoms with E-state index in [2.05, 4.69) is 25.5 Å².